The van der Waals surface area contributed by atoms with E-state index >= 15 is 0 Å². The van der Waals surface area contributed by atoms with Gasteiger partial charge in [-0.3, -0.25) is 4.98 Å². The molecule has 1 N–H and O–H groups in total. The van der Waals surface area contributed by atoms with Crippen molar-refractivity contribution in [3.8, 4) is 11.1 Å². The standard InChI is InChI=1S/C24H18FN3O2/c25-21-6-4-18(5-7-21)20(15-28-11-10-27-16-28)12-17-3-8-22(24(29)30)23(13-17)19-2-1-9-26-14-19/h1-14,16H,15H2,(H,29,30)/b20-12+. The van der Waals surface area contributed by atoms with Crippen LogP contribution < -0.4 is 0 Å². The third kappa shape index (κ3) is 4.33. The number of hydrogen-bond acceptors (Lipinski definition) is 3. The summed E-state index contributed by atoms with van der Waals surface area (Å²) < 4.78 is 15.3. The normalized spacial score (nSPS) is 11.4. The summed E-state index contributed by atoms with van der Waals surface area (Å²) in [6.45, 7) is 0.536. The number of pyridine rings is 1. The van der Waals surface area contributed by atoms with Gasteiger partial charge in [0.2, 0.25) is 0 Å². The monoisotopic (exact) mass is 399 g/mol. The van der Waals surface area contributed by atoms with E-state index in [4.69, 9.17) is 0 Å². The molecule has 0 saturated carbocycles. The van der Waals surface area contributed by atoms with Crippen LogP contribution in [-0.2, 0) is 6.54 Å². The van der Waals surface area contributed by atoms with Crippen LogP contribution in [0, 0.1) is 5.82 Å². The van der Waals surface area contributed by atoms with Crippen molar-refractivity contribution in [3.63, 3.8) is 0 Å². The van der Waals surface area contributed by atoms with Crippen LogP contribution in [0.5, 0.6) is 0 Å². The number of imidazole rings is 1. The Kier molecular flexibility index (Phi) is 5.48. The third-order valence-corrected chi connectivity index (χ3v) is 4.71. The first kappa shape index (κ1) is 19.3. The van der Waals surface area contributed by atoms with Crippen LogP contribution in [0.2, 0.25) is 0 Å². The zero-order chi connectivity index (χ0) is 20.9. The van der Waals surface area contributed by atoms with E-state index in [0.29, 0.717) is 12.1 Å². The van der Waals surface area contributed by atoms with Gasteiger partial charge in [-0.05, 0) is 58.7 Å². The Bertz CT molecular complexity index is 1190. The topological polar surface area (TPSA) is 68.0 Å². The molecule has 30 heavy (non-hydrogen) atoms. The zero-order valence-electron chi connectivity index (χ0n) is 15.9. The second-order valence-electron chi connectivity index (χ2n) is 6.76. The van der Waals surface area contributed by atoms with Crippen molar-refractivity contribution in [1.29, 1.82) is 0 Å². The lowest BCUT2D eigenvalue weighted by Crippen LogP contribution is -2.01. The lowest BCUT2D eigenvalue weighted by molar-refractivity contribution is 0.0697. The molecule has 0 aliphatic carbocycles. The van der Waals surface area contributed by atoms with Crippen molar-refractivity contribution in [2.45, 2.75) is 6.54 Å². The highest BCUT2D eigenvalue weighted by molar-refractivity contribution is 5.97. The minimum absolute atomic E-state index is 0.207. The SMILES string of the molecule is O=C(O)c1ccc(/C=C(\Cn2ccnc2)c2ccc(F)cc2)cc1-c1cccnc1. The number of hydrogen-bond donors (Lipinski definition) is 1. The lowest BCUT2D eigenvalue weighted by atomic mass is 9.96. The van der Waals surface area contributed by atoms with Gasteiger partial charge in [0, 0.05) is 36.9 Å². The molecule has 2 aromatic carbocycles. The molecule has 0 spiro atoms. The summed E-state index contributed by atoms with van der Waals surface area (Å²) in [6, 6.07) is 15.1. The van der Waals surface area contributed by atoms with Gasteiger partial charge in [0.1, 0.15) is 5.82 Å². The van der Waals surface area contributed by atoms with Crippen molar-refractivity contribution >= 4 is 17.6 Å². The second-order valence-corrected chi connectivity index (χ2v) is 6.76. The van der Waals surface area contributed by atoms with Gasteiger partial charge in [0.15, 0.2) is 0 Å². The van der Waals surface area contributed by atoms with Gasteiger partial charge in [-0.2, -0.15) is 0 Å². The third-order valence-electron chi connectivity index (χ3n) is 4.71. The number of aromatic carboxylic acids is 1. The van der Waals surface area contributed by atoms with Gasteiger partial charge >= 0.3 is 5.97 Å². The first-order valence-electron chi connectivity index (χ1n) is 9.30. The summed E-state index contributed by atoms with van der Waals surface area (Å²) in [5.74, 6) is -1.30. The molecule has 0 saturated heterocycles. The summed E-state index contributed by atoms with van der Waals surface area (Å²) in [5, 5.41) is 9.59. The van der Waals surface area contributed by atoms with E-state index in [1.54, 1.807) is 55.2 Å². The van der Waals surface area contributed by atoms with E-state index in [2.05, 4.69) is 9.97 Å². The molecule has 0 radical (unpaired) electrons. The number of aromatic nitrogens is 3. The fourth-order valence-electron chi connectivity index (χ4n) is 3.26. The molecule has 0 aliphatic rings. The van der Waals surface area contributed by atoms with E-state index < -0.39 is 5.97 Å². The summed E-state index contributed by atoms with van der Waals surface area (Å²) in [7, 11) is 0. The van der Waals surface area contributed by atoms with Gasteiger partial charge in [-0.1, -0.05) is 24.3 Å². The number of carboxylic acid groups (broad SMARTS) is 1. The largest absolute Gasteiger partial charge is 0.478 e. The molecule has 148 valence electrons. The fourth-order valence-corrected chi connectivity index (χ4v) is 3.26. The van der Waals surface area contributed by atoms with E-state index in [1.807, 2.05) is 29.0 Å². The molecule has 0 aliphatic heterocycles. The Labute approximate surface area is 172 Å². The Morgan fingerprint density at radius 3 is 2.57 bits per heavy atom. The Balaban J connectivity index is 1.81. The van der Waals surface area contributed by atoms with Gasteiger partial charge in [-0.25, -0.2) is 14.2 Å². The first-order chi connectivity index (χ1) is 14.6. The smallest absolute Gasteiger partial charge is 0.336 e. The molecule has 2 heterocycles. The summed E-state index contributed by atoms with van der Waals surface area (Å²) in [6.07, 6.45) is 10.5. The molecule has 5 nitrogen and oxygen atoms in total. The van der Waals surface area contributed by atoms with Gasteiger partial charge < -0.3 is 9.67 Å². The maximum absolute atomic E-state index is 13.4. The van der Waals surface area contributed by atoms with Crippen LogP contribution in [0.4, 0.5) is 4.39 Å². The summed E-state index contributed by atoms with van der Waals surface area (Å²) >= 11 is 0. The van der Waals surface area contributed by atoms with Gasteiger partial charge in [0.25, 0.3) is 0 Å². The summed E-state index contributed by atoms with van der Waals surface area (Å²) in [4.78, 5) is 19.9. The van der Waals surface area contributed by atoms with E-state index in [1.165, 1.54) is 12.1 Å². The molecule has 0 atom stereocenters. The molecular formula is C24H18FN3O2. The predicted molar refractivity (Wildman–Crippen MR) is 113 cm³/mol. The molecule has 0 amide bonds. The van der Waals surface area contributed by atoms with Crippen LogP contribution >= 0.6 is 0 Å². The maximum atomic E-state index is 13.4. The van der Waals surface area contributed by atoms with Crippen molar-refractivity contribution < 1.29 is 14.3 Å². The Morgan fingerprint density at radius 2 is 1.90 bits per heavy atom. The number of benzene rings is 2. The predicted octanol–water partition coefficient (Wildman–Crippen LogP) is 5.02. The molecule has 6 heteroatoms. The lowest BCUT2D eigenvalue weighted by Gasteiger charge is -2.11. The molecule has 2 aromatic heterocycles. The Hall–Kier alpha value is -4.06. The first-order valence-corrected chi connectivity index (χ1v) is 9.30. The zero-order valence-corrected chi connectivity index (χ0v) is 15.9. The fraction of sp³-hybridized carbons (Fsp3) is 0.0417. The van der Waals surface area contributed by atoms with E-state index in [9.17, 15) is 14.3 Å². The molecule has 0 fully saturated rings. The van der Waals surface area contributed by atoms with Crippen LogP contribution in [0.25, 0.3) is 22.8 Å². The number of allylic oxidation sites excluding steroid dienone is 1. The van der Waals surface area contributed by atoms with Gasteiger partial charge in [0.05, 0.1) is 11.9 Å². The van der Waals surface area contributed by atoms with Crippen LogP contribution in [-0.4, -0.2) is 25.6 Å². The number of carbonyl (C=O) groups is 1. The van der Waals surface area contributed by atoms with Crippen molar-refractivity contribution in [2.24, 2.45) is 0 Å². The van der Waals surface area contributed by atoms with Gasteiger partial charge in [-0.15, -0.1) is 0 Å². The average molecular weight is 399 g/mol. The molecule has 0 unspecified atom stereocenters. The number of halogens is 1. The highest BCUT2D eigenvalue weighted by Gasteiger charge is 2.13. The Morgan fingerprint density at radius 1 is 1.07 bits per heavy atom. The molecule has 4 rings (SSSR count). The highest BCUT2D eigenvalue weighted by atomic mass is 19.1. The summed E-state index contributed by atoms with van der Waals surface area (Å²) in [5.41, 5.74) is 4.16. The molecule has 4 aromatic rings. The van der Waals surface area contributed by atoms with Crippen LogP contribution in [0.1, 0.15) is 21.5 Å². The molecule has 0 bridgehead atoms. The number of carboxylic acids is 1. The van der Waals surface area contributed by atoms with Crippen molar-refractivity contribution in [2.75, 3.05) is 0 Å². The molecular weight excluding hydrogens is 381 g/mol. The quantitative estimate of drug-likeness (QED) is 0.462. The maximum Gasteiger partial charge on any atom is 0.336 e. The van der Waals surface area contributed by atoms with E-state index in [-0.39, 0.29) is 11.4 Å². The van der Waals surface area contributed by atoms with E-state index in [0.717, 1.165) is 22.3 Å². The highest BCUT2D eigenvalue weighted by Crippen LogP contribution is 2.27. The van der Waals surface area contributed by atoms with Crippen LogP contribution in [0.3, 0.4) is 0 Å². The minimum atomic E-state index is -0.999. The number of rotatable bonds is 6. The number of nitrogens with zero attached hydrogens (tertiary/aromatic N) is 3. The second kappa shape index (κ2) is 8.53. The van der Waals surface area contributed by atoms with Crippen LogP contribution in [0.15, 0.2) is 85.7 Å². The average Bonchev–Trinajstić information content (AvgIpc) is 3.27. The van der Waals surface area contributed by atoms with Crippen molar-refractivity contribution in [3.05, 3.63) is 108 Å². The van der Waals surface area contributed by atoms with Crippen molar-refractivity contribution in [1.82, 2.24) is 14.5 Å². The minimum Gasteiger partial charge on any atom is -0.478 e.